The van der Waals surface area contributed by atoms with Gasteiger partial charge in [-0.2, -0.15) is 0 Å². The number of halogens is 1. The number of hydrogen-bond donors (Lipinski definition) is 2. The summed E-state index contributed by atoms with van der Waals surface area (Å²) < 4.78 is 14.4. The molecule has 4 rings (SSSR count). The van der Waals surface area contributed by atoms with E-state index >= 15 is 0 Å². The molecule has 0 atom stereocenters. The number of nitrogens with one attached hydrogen (secondary N) is 1. The largest absolute Gasteiger partial charge is 0.335 e. The van der Waals surface area contributed by atoms with Crippen LogP contribution in [0.15, 0.2) is 59.1 Å². The quantitative estimate of drug-likeness (QED) is 0.348. The molecule has 2 aromatic heterocycles. The Kier molecular flexibility index (Phi) is 5.77. The Bertz CT molecular complexity index is 1190. The number of amides is 1. The first-order valence-corrected chi connectivity index (χ1v) is 10.8. The molecular formula is C20H17FN6OS2. The molecule has 0 aliphatic heterocycles. The van der Waals surface area contributed by atoms with Gasteiger partial charge < -0.3 is 11.2 Å². The lowest BCUT2D eigenvalue weighted by atomic mass is 10.1. The third-order valence-electron chi connectivity index (χ3n) is 4.16. The SMILES string of the molecule is Cc1nc(-c2cccc(NC(=O)CSc3nnc(-c4ccc(F)cc4)n3N)c2)cs1. The van der Waals surface area contributed by atoms with Gasteiger partial charge in [0.05, 0.1) is 16.5 Å². The van der Waals surface area contributed by atoms with E-state index in [4.69, 9.17) is 5.84 Å². The van der Waals surface area contributed by atoms with Gasteiger partial charge in [-0.05, 0) is 43.3 Å². The zero-order chi connectivity index (χ0) is 21.1. The maximum atomic E-state index is 13.1. The van der Waals surface area contributed by atoms with Gasteiger partial charge in [-0.3, -0.25) is 4.79 Å². The summed E-state index contributed by atoms with van der Waals surface area (Å²) in [7, 11) is 0. The van der Waals surface area contributed by atoms with Gasteiger partial charge in [0.25, 0.3) is 0 Å². The zero-order valence-corrected chi connectivity index (χ0v) is 17.5. The first kappa shape index (κ1) is 20.0. The van der Waals surface area contributed by atoms with E-state index < -0.39 is 0 Å². The Morgan fingerprint density at radius 1 is 1.20 bits per heavy atom. The monoisotopic (exact) mass is 440 g/mol. The molecule has 0 unspecified atom stereocenters. The summed E-state index contributed by atoms with van der Waals surface area (Å²) in [5, 5.41) is 14.3. The second-order valence-electron chi connectivity index (χ2n) is 6.35. The van der Waals surface area contributed by atoms with Crippen LogP contribution in [-0.4, -0.2) is 31.5 Å². The molecule has 7 nitrogen and oxygen atoms in total. The van der Waals surface area contributed by atoms with Crippen molar-refractivity contribution in [2.24, 2.45) is 0 Å². The van der Waals surface area contributed by atoms with E-state index in [0.717, 1.165) is 28.0 Å². The fourth-order valence-electron chi connectivity index (χ4n) is 2.75. The number of rotatable bonds is 6. The van der Waals surface area contributed by atoms with Crippen LogP contribution in [0.25, 0.3) is 22.6 Å². The maximum absolute atomic E-state index is 13.1. The molecule has 1 amide bonds. The normalized spacial score (nSPS) is 10.9. The second kappa shape index (κ2) is 8.64. The van der Waals surface area contributed by atoms with Crippen LogP contribution in [0.5, 0.6) is 0 Å². The molecule has 4 aromatic rings. The van der Waals surface area contributed by atoms with Gasteiger partial charge in [-0.25, -0.2) is 14.1 Å². The first-order chi connectivity index (χ1) is 14.5. The Balaban J connectivity index is 1.39. The van der Waals surface area contributed by atoms with Crippen LogP contribution < -0.4 is 11.2 Å². The lowest BCUT2D eigenvalue weighted by Gasteiger charge is -2.07. The molecule has 0 aliphatic carbocycles. The topological polar surface area (TPSA) is 98.7 Å². The third-order valence-corrected chi connectivity index (χ3v) is 5.88. The molecule has 0 fully saturated rings. The first-order valence-electron chi connectivity index (χ1n) is 8.91. The number of nitrogen functional groups attached to an aromatic ring is 1. The third kappa shape index (κ3) is 4.50. The number of aromatic nitrogens is 4. The highest BCUT2D eigenvalue weighted by molar-refractivity contribution is 7.99. The Morgan fingerprint density at radius 2 is 2.00 bits per heavy atom. The highest BCUT2D eigenvalue weighted by Crippen LogP contribution is 2.25. The molecule has 2 heterocycles. The zero-order valence-electron chi connectivity index (χ0n) is 15.9. The fourth-order valence-corrected chi connectivity index (χ4v) is 4.03. The van der Waals surface area contributed by atoms with Gasteiger partial charge in [0.15, 0.2) is 5.82 Å². The highest BCUT2D eigenvalue weighted by atomic mass is 32.2. The predicted molar refractivity (Wildman–Crippen MR) is 117 cm³/mol. The van der Waals surface area contributed by atoms with E-state index in [1.807, 2.05) is 36.6 Å². The van der Waals surface area contributed by atoms with Crippen LogP contribution in [0.4, 0.5) is 10.1 Å². The molecule has 2 aromatic carbocycles. The van der Waals surface area contributed by atoms with Crippen molar-refractivity contribution in [1.82, 2.24) is 19.9 Å². The van der Waals surface area contributed by atoms with Gasteiger partial charge in [0, 0.05) is 22.2 Å². The van der Waals surface area contributed by atoms with Crippen molar-refractivity contribution in [3.8, 4) is 22.6 Å². The summed E-state index contributed by atoms with van der Waals surface area (Å²) in [6.07, 6.45) is 0. The van der Waals surface area contributed by atoms with E-state index in [1.54, 1.807) is 23.5 Å². The Morgan fingerprint density at radius 3 is 2.73 bits per heavy atom. The van der Waals surface area contributed by atoms with Crippen molar-refractivity contribution in [2.75, 3.05) is 16.9 Å². The van der Waals surface area contributed by atoms with Gasteiger partial charge in [-0.1, -0.05) is 23.9 Å². The minimum absolute atomic E-state index is 0.110. The number of carbonyl (C=O) groups is 1. The summed E-state index contributed by atoms with van der Waals surface area (Å²) in [4.78, 5) is 16.8. The average Bonchev–Trinajstić information content (AvgIpc) is 3.33. The molecule has 0 radical (unpaired) electrons. The summed E-state index contributed by atoms with van der Waals surface area (Å²) >= 11 is 2.74. The van der Waals surface area contributed by atoms with Gasteiger partial charge in [0.1, 0.15) is 5.82 Å². The molecule has 3 N–H and O–H groups in total. The minimum Gasteiger partial charge on any atom is -0.335 e. The Hall–Kier alpha value is -3.24. The van der Waals surface area contributed by atoms with Crippen molar-refractivity contribution in [3.63, 3.8) is 0 Å². The summed E-state index contributed by atoms with van der Waals surface area (Å²) in [5.74, 6) is 6.00. The summed E-state index contributed by atoms with van der Waals surface area (Å²) in [5.41, 5.74) is 3.14. The Labute approximate surface area is 180 Å². The molecule has 0 bridgehead atoms. The molecule has 152 valence electrons. The van der Waals surface area contributed by atoms with Gasteiger partial charge in [-0.15, -0.1) is 21.5 Å². The van der Waals surface area contributed by atoms with Crippen molar-refractivity contribution < 1.29 is 9.18 Å². The predicted octanol–water partition coefficient (Wildman–Crippen LogP) is 3.96. The number of benzene rings is 2. The standard InChI is InChI=1S/C20H17FN6OS2/c1-12-23-17(10-29-12)14-3-2-4-16(9-14)24-18(28)11-30-20-26-25-19(27(20)22)13-5-7-15(21)8-6-13/h2-10H,11,22H2,1H3,(H,24,28). The van der Waals surface area contributed by atoms with Crippen LogP contribution in [-0.2, 0) is 4.79 Å². The molecule has 0 spiro atoms. The van der Waals surface area contributed by atoms with Gasteiger partial charge in [0.2, 0.25) is 11.1 Å². The summed E-state index contributed by atoms with van der Waals surface area (Å²) in [6, 6.07) is 13.3. The van der Waals surface area contributed by atoms with E-state index in [-0.39, 0.29) is 17.5 Å². The molecule has 30 heavy (non-hydrogen) atoms. The number of carbonyl (C=O) groups excluding carboxylic acids is 1. The van der Waals surface area contributed by atoms with Crippen molar-refractivity contribution in [2.45, 2.75) is 12.1 Å². The molecule has 0 saturated heterocycles. The number of nitrogens with zero attached hydrogens (tertiary/aromatic N) is 4. The number of thioether (sulfide) groups is 1. The number of nitrogens with two attached hydrogens (primary N) is 1. The maximum Gasteiger partial charge on any atom is 0.234 e. The van der Waals surface area contributed by atoms with Gasteiger partial charge >= 0.3 is 0 Å². The van der Waals surface area contributed by atoms with E-state index in [9.17, 15) is 9.18 Å². The van der Waals surface area contributed by atoms with Crippen LogP contribution in [0.1, 0.15) is 5.01 Å². The lowest BCUT2D eigenvalue weighted by Crippen LogP contribution is -2.16. The smallest absolute Gasteiger partial charge is 0.234 e. The van der Waals surface area contributed by atoms with Crippen LogP contribution in [0.3, 0.4) is 0 Å². The highest BCUT2D eigenvalue weighted by Gasteiger charge is 2.14. The van der Waals surface area contributed by atoms with Crippen molar-refractivity contribution >= 4 is 34.7 Å². The van der Waals surface area contributed by atoms with Crippen molar-refractivity contribution in [3.05, 3.63) is 64.7 Å². The average molecular weight is 441 g/mol. The van der Waals surface area contributed by atoms with Crippen LogP contribution in [0, 0.1) is 12.7 Å². The number of anilines is 1. The molecular weight excluding hydrogens is 423 g/mol. The number of hydrogen-bond acceptors (Lipinski definition) is 7. The number of aryl methyl sites for hydroxylation is 1. The van der Waals surface area contributed by atoms with E-state index in [0.29, 0.717) is 22.2 Å². The minimum atomic E-state index is -0.345. The fraction of sp³-hybridized carbons (Fsp3) is 0.100. The molecule has 0 aliphatic rings. The molecule has 10 heteroatoms. The number of thiazole rings is 1. The van der Waals surface area contributed by atoms with E-state index in [1.165, 1.54) is 16.8 Å². The lowest BCUT2D eigenvalue weighted by molar-refractivity contribution is -0.113. The van der Waals surface area contributed by atoms with Crippen LogP contribution >= 0.6 is 23.1 Å². The van der Waals surface area contributed by atoms with Crippen molar-refractivity contribution in [1.29, 1.82) is 0 Å². The second-order valence-corrected chi connectivity index (χ2v) is 8.36. The van der Waals surface area contributed by atoms with Crippen LogP contribution in [0.2, 0.25) is 0 Å². The van der Waals surface area contributed by atoms with E-state index in [2.05, 4.69) is 20.5 Å². The summed E-state index contributed by atoms with van der Waals surface area (Å²) in [6.45, 7) is 1.95. The molecule has 0 saturated carbocycles.